The molecule has 0 atom stereocenters. The van der Waals surface area contributed by atoms with E-state index in [-0.39, 0.29) is 0 Å². The zero-order valence-electron chi connectivity index (χ0n) is 8.51. The molecule has 1 N–H and O–H groups in total. The van der Waals surface area contributed by atoms with E-state index in [9.17, 15) is 4.79 Å². The van der Waals surface area contributed by atoms with E-state index < -0.39 is 6.09 Å². The van der Waals surface area contributed by atoms with Crippen LogP contribution in [0.3, 0.4) is 0 Å². The third-order valence-electron chi connectivity index (χ3n) is 1.87. The maximum atomic E-state index is 10.8. The molecule has 0 aromatic heterocycles. The van der Waals surface area contributed by atoms with E-state index in [1.165, 1.54) is 11.9 Å². The summed E-state index contributed by atoms with van der Waals surface area (Å²) in [7, 11) is 1.54. The smallest absolute Gasteiger partial charge is 0.411 e. The van der Waals surface area contributed by atoms with Crippen molar-refractivity contribution in [2.24, 2.45) is 0 Å². The van der Waals surface area contributed by atoms with Gasteiger partial charge in [-0.25, -0.2) is 4.79 Å². The average molecular weight is 223 g/mol. The predicted molar refractivity (Wildman–Crippen MR) is 63.8 cm³/mol. The summed E-state index contributed by atoms with van der Waals surface area (Å²) in [6.07, 6.45) is 0.837. The number of carbonyl (C=O) groups is 1. The number of rotatable bonds is 4. The number of thioether (sulfide) groups is 1. The Morgan fingerprint density at radius 2 is 2.27 bits per heavy atom. The molecule has 0 bridgehead atoms. The predicted octanol–water partition coefficient (Wildman–Crippen LogP) is 3.08. The molecule has 15 heavy (non-hydrogen) atoms. The molecule has 0 aliphatic rings. The van der Waals surface area contributed by atoms with Gasteiger partial charge < -0.3 is 5.11 Å². The molecule has 1 amide bonds. The van der Waals surface area contributed by atoms with Gasteiger partial charge in [-0.05, 0) is 12.1 Å². The van der Waals surface area contributed by atoms with Gasteiger partial charge >= 0.3 is 6.09 Å². The van der Waals surface area contributed by atoms with Crippen LogP contribution in [0, 0.1) is 0 Å². The fourth-order valence-electron chi connectivity index (χ4n) is 1.11. The van der Waals surface area contributed by atoms with E-state index in [2.05, 4.69) is 6.58 Å². The number of benzene rings is 1. The molecule has 0 radical (unpaired) electrons. The number of carboxylic acid groups (broad SMARTS) is 1. The topological polar surface area (TPSA) is 40.5 Å². The molecule has 4 heteroatoms. The summed E-state index contributed by atoms with van der Waals surface area (Å²) in [4.78, 5) is 13.0. The molecule has 80 valence electrons. The minimum atomic E-state index is -0.957. The Balaban J connectivity index is 2.94. The first-order valence-corrected chi connectivity index (χ1v) is 5.44. The molecule has 0 heterocycles. The van der Waals surface area contributed by atoms with Crippen LogP contribution in [-0.4, -0.2) is 24.0 Å². The van der Waals surface area contributed by atoms with Gasteiger partial charge in [0, 0.05) is 17.7 Å². The van der Waals surface area contributed by atoms with Crippen molar-refractivity contribution in [3.63, 3.8) is 0 Å². The van der Waals surface area contributed by atoms with Crippen LogP contribution in [0.1, 0.15) is 0 Å². The van der Waals surface area contributed by atoms with Crippen molar-refractivity contribution in [1.29, 1.82) is 0 Å². The van der Waals surface area contributed by atoms with Gasteiger partial charge in [-0.3, -0.25) is 4.90 Å². The quantitative estimate of drug-likeness (QED) is 0.630. The lowest BCUT2D eigenvalue weighted by molar-refractivity contribution is 0.203. The van der Waals surface area contributed by atoms with Gasteiger partial charge in [0.05, 0.1) is 5.69 Å². The molecule has 0 saturated carbocycles. The molecule has 0 saturated heterocycles. The van der Waals surface area contributed by atoms with Crippen LogP contribution in [0.5, 0.6) is 0 Å². The van der Waals surface area contributed by atoms with Gasteiger partial charge in [0.1, 0.15) is 0 Å². The Bertz CT molecular complexity index is 365. The standard InChI is InChI=1S/C11H13NO2S/c1-3-8-15-10-7-5-4-6-9(10)12(2)11(13)14/h3-7H,1,8H2,2H3,(H,13,14). The molecule has 0 spiro atoms. The maximum absolute atomic E-state index is 10.8. The van der Waals surface area contributed by atoms with Crippen LogP contribution in [0.25, 0.3) is 0 Å². The number of anilines is 1. The molecule has 0 aliphatic carbocycles. The van der Waals surface area contributed by atoms with Crippen LogP contribution in [0.2, 0.25) is 0 Å². The van der Waals surface area contributed by atoms with Crippen LogP contribution >= 0.6 is 11.8 Å². The van der Waals surface area contributed by atoms with Crippen LogP contribution in [-0.2, 0) is 0 Å². The van der Waals surface area contributed by atoms with Crippen LogP contribution in [0.4, 0.5) is 10.5 Å². The Morgan fingerprint density at radius 3 is 2.87 bits per heavy atom. The highest BCUT2D eigenvalue weighted by molar-refractivity contribution is 7.99. The van der Waals surface area contributed by atoms with Crippen molar-refractivity contribution < 1.29 is 9.90 Å². The Labute approximate surface area is 93.4 Å². The summed E-state index contributed by atoms with van der Waals surface area (Å²) in [5.74, 6) is 0.768. The zero-order valence-corrected chi connectivity index (χ0v) is 9.33. The third-order valence-corrected chi connectivity index (χ3v) is 2.93. The molecule has 1 aromatic rings. The second kappa shape index (κ2) is 5.46. The average Bonchev–Trinajstić information content (AvgIpc) is 2.25. The largest absolute Gasteiger partial charge is 0.465 e. The molecular formula is C11H13NO2S. The summed E-state index contributed by atoms with van der Waals surface area (Å²) >= 11 is 1.57. The van der Waals surface area contributed by atoms with E-state index in [1.54, 1.807) is 23.9 Å². The second-order valence-electron chi connectivity index (χ2n) is 2.91. The SMILES string of the molecule is C=CCSc1ccccc1N(C)C(=O)O. The van der Waals surface area contributed by atoms with Crippen molar-refractivity contribution in [2.75, 3.05) is 17.7 Å². The fourth-order valence-corrected chi connectivity index (χ4v) is 1.93. The molecule has 1 rings (SSSR count). The fraction of sp³-hybridized carbons (Fsp3) is 0.182. The van der Waals surface area contributed by atoms with Crippen molar-refractivity contribution in [2.45, 2.75) is 4.90 Å². The highest BCUT2D eigenvalue weighted by Gasteiger charge is 2.11. The third kappa shape index (κ3) is 3.02. The summed E-state index contributed by atoms with van der Waals surface area (Å²) in [6, 6.07) is 7.42. The van der Waals surface area contributed by atoms with Gasteiger partial charge in [-0.15, -0.1) is 18.3 Å². The number of amides is 1. The lowest BCUT2D eigenvalue weighted by atomic mass is 10.3. The van der Waals surface area contributed by atoms with Crippen molar-refractivity contribution in [1.82, 2.24) is 0 Å². The highest BCUT2D eigenvalue weighted by atomic mass is 32.2. The van der Waals surface area contributed by atoms with Gasteiger partial charge in [-0.2, -0.15) is 0 Å². The first-order chi connectivity index (χ1) is 7.16. The van der Waals surface area contributed by atoms with Crippen molar-refractivity contribution in [3.05, 3.63) is 36.9 Å². The van der Waals surface area contributed by atoms with E-state index >= 15 is 0 Å². The summed E-state index contributed by atoms with van der Waals surface area (Å²) in [5.41, 5.74) is 0.705. The Morgan fingerprint density at radius 1 is 1.60 bits per heavy atom. The summed E-state index contributed by atoms with van der Waals surface area (Å²) in [5, 5.41) is 8.88. The Kier molecular flexibility index (Phi) is 4.24. The van der Waals surface area contributed by atoms with Crippen molar-refractivity contribution in [3.8, 4) is 0 Å². The van der Waals surface area contributed by atoms with Crippen LogP contribution in [0.15, 0.2) is 41.8 Å². The first kappa shape index (κ1) is 11.7. The number of hydrogen-bond acceptors (Lipinski definition) is 2. The van der Waals surface area contributed by atoms with E-state index in [0.29, 0.717) is 5.69 Å². The summed E-state index contributed by atoms with van der Waals surface area (Å²) < 4.78 is 0. The molecule has 0 aliphatic heterocycles. The second-order valence-corrected chi connectivity index (χ2v) is 3.97. The van der Waals surface area contributed by atoms with Gasteiger partial charge in [0.15, 0.2) is 0 Å². The number of nitrogens with zero attached hydrogens (tertiary/aromatic N) is 1. The minimum absolute atomic E-state index is 0.705. The molecule has 0 unspecified atom stereocenters. The highest BCUT2D eigenvalue weighted by Crippen LogP contribution is 2.29. The van der Waals surface area contributed by atoms with Crippen molar-refractivity contribution >= 4 is 23.5 Å². The minimum Gasteiger partial charge on any atom is -0.465 e. The van der Waals surface area contributed by atoms with Gasteiger partial charge in [-0.1, -0.05) is 18.2 Å². The molecular weight excluding hydrogens is 210 g/mol. The van der Waals surface area contributed by atoms with E-state index in [0.717, 1.165) is 10.6 Å². The monoisotopic (exact) mass is 223 g/mol. The van der Waals surface area contributed by atoms with E-state index in [1.807, 2.05) is 18.2 Å². The van der Waals surface area contributed by atoms with E-state index in [4.69, 9.17) is 5.11 Å². The summed E-state index contributed by atoms with van der Waals surface area (Å²) in [6.45, 7) is 3.63. The number of hydrogen-bond donors (Lipinski definition) is 1. The van der Waals surface area contributed by atoms with Gasteiger partial charge in [0.25, 0.3) is 0 Å². The zero-order chi connectivity index (χ0) is 11.3. The number of para-hydroxylation sites is 1. The van der Waals surface area contributed by atoms with Gasteiger partial charge in [0.2, 0.25) is 0 Å². The Hall–Kier alpha value is -1.42. The van der Waals surface area contributed by atoms with Crippen LogP contribution < -0.4 is 4.90 Å². The lowest BCUT2D eigenvalue weighted by Crippen LogP contribution is -2.24. The molecule has 1 aromatic carbocycles. The first-order valence-electron chi connectivity index (χ1n) is 4.46. The molecule has 3 nitrogen and oxygen atoms in total. The lowest BCUT2D eigenvalue weighted by Gasteiger charge is -2.16. The molecule has 0 fully saturated rings. The maximum Gasteiger partial charge on any atom is 0.411 e. The normalized spacial score (nSPS) is 9.67.